The zero-order valence-electron chi connectivity index (χ0n) is 10.4. The average molecular weight is 307 g/mol. The third kappa shape index (κ3) is 3.38. The Balaban J connectivity index is 2.02. The Morgan fingerprint density at radius 3 is 2.37 bits per heavy atom. The highest BCUT2D eigenvalue weighted by molar-refractivity contribution is 7.89. The maximum absolute atomic E-state index is 13.6. The topological polar surface area (TPSA) is 40.6 Å². The minimum absolute atomic E-state index is 0.0474. The van der Waals surface area contributed by atoms with Crippen molar-refractivity contribution in [3.05, 3.63) is 30.1 Å². The van der Waals surface area contributed by atoms with Gasteiger partial charge in [0.05, 0.1) is 11.4 Å². The Morgan fingerprint density at radius 2 is 1.79 bits per heavy atom. The number of hydrogen-bond acceptors (Lipinski definition) is 3. The highest BCUT2D eigenvalue weighted by Gasteiger charge is 2.27. The fourth-order valence-corrected chi connectivity index (χ4v) is 3.90. The summed E-state index contributed by atoms with van der Waals surface area (Å²) in [6.07, 6.45) is 0. The number of anilines is 1. The molecule has 0 N–H and O–H groups in total. The molecule has 0 radical (unpaired) electrons. The molecule has 0 spiro atoms. The lowest BCUT2D eigenvalue weighted by molar-refractivity contribution is 0.384. The molecule has 0 amide bonds. The molecular weight excluding hydrogens is 291 g/mol. The van der Waals surface area contributed by atoms with Crippen molar-refractivity contribution in [2.24, 2.45) is 0 Å². The van der Waals surface area contributed by atoms with Crippen LogP contribution in [-0.4, -0.2) is 50.5 Å². The van der Waals surface area contributed by atoms with E-state index in [4.69, 9.17) is 11.6 Å². The quantitative estimate of drug-likeness (QED) is 0.792. The molecule has 1 aromatic carbocycles. The number of benzene rings is 1. The van der Waals surface area contributed by atoms with Crippen LogP contribution in [0.2, 0.25) is 0 Å². The maximum Gasteiger partial charge on any atom is 0.215 e. The van der Waals surface area contributed by atoms with Gasteiger partial charge in [0.15, 0.2) is 0 Å². The van der Waals surface area contributed by atoms with Gasteiger partial charge in [0.2, 0.25) is 10.0 Å². The summed E-state index contributed by atoms with van der Waals surface area (Å²) in [6, 6.07) is 6.53. The first-order valence-corrected chi connectivity index (χ1v) is 8.22. The first-order chi connectivity index (χ1) is 9.04. The lowest BCUT2D eigenvalue weighted by atomic mass is 10.2. The van der Waals surface area contributed by atoms with E-state index in [0.717, 1.165) is 0 Å². The van der Waals surface area contributed by atoms with E-state index in [2.05, 4.69) is 0 Å². The van der Waals surface area contributed by atoms with Crippen LogP contribution in [0.3, 0.4) is 0 Å². The van der Waals surface area contributed by atoms with Gasteiger partial charge in [0, 0.05) is 32.1 Å². The van der Waals surface area contributed by atoms with Crippen molar-refractivity contribution in [3.8, 4) is 0 Å². The number of nitrogens with zero attached hydrogens (tertiary/aromatic N) is 2. The van der Waals surface area contributed by atoms with Gasteiger partial charge in [-0.15, -0.1) is 11.6 Å². The summed E-state index contributed by atoms with van der Waals surface area (Å²) < 4.78 is 38.7. The molecule has 1 aliphatic rings. The van der Waals surface area contributed by atoms with Crippen molar-refractivity contribution in [3.63, 3.8) is 0 Å². The highest BCUT2D eigenvalue weighted by atomic mass is 35.5. The summed E-state index contributed by atoms with van der Waals surface area (Å²) >= 11 is 5.48. The fraction of sp³-hybridized carbons (Fsp3) is 0.500. The lowest BCUT2D eigenvalue weighted by Gasteiger charge is -2.35. The predicted octanol–water partition coefficient (Wildman–Crippen LogP) is 1.52. The van der Waals surface area contributed by atoms with Gasteiger partial charge in [-0.1, -0.05) is 12.1 Å². The van der Waals surface area contributed by atoms with Crippen molar-refractivity contribution in [1.82, 2.24) is 4.31 Å². The molecule has 0 aromatic heterocycles. The molecule has 19 heavy (non-hydrogen) atoms. The molecule has 0 bridgehead atoms. The average Bonchev–Trinajstić information content (AvgIpc) is 2.39. The van der Waals surface area contributed by atoms with E-state index in [1.54, 1.807) is 18.2 Å². The number of halogens is 2. The fourth-order valence-electron chi connectivity index (χ4n) is 2.14. The van der Waals surface area contributed by atoms with Crippen molar-refractivity contribution in [2.75, 3.05) is 42.7 Å². The molecule has 0 atom stereocenters. The molecule has 106 valence electrons. The summed E-state index contributed by atoms with van der Waals surface area (Å²) in [5.41, 5.74) is 0.525. The van der Waals surface area contributed by atoms with Gasteiger partial charge in [-0.3, -0.25) is 0 Å². The Hall–Kier alpha value is -0.850. The SMILES string of the molecule is O=S(=O)(CCCl)N1CCN(c2ccccc2F)CC1. The summed E-state index contributed by atoms with van der Waals surface area (Å²) in [4.78, 5) is 1.86. The van der Waals surface area contributed by atoms with Crippen LogP contribution in [0.1, 0.15) is 0 Å². The van der Waals surface area contributed by atoms with E-state index in [-0.39, 0.29) is 17.5 Å². The van der Waals surface area contributed by atoms with E-state index in [9.17, 15) is 12.8 Å². The summed E-state index contributed by atoms with van der Waals surface area (Å²) in [5.74, 6) is -0.232. The van der Waals surface area contributed by atoms with Gasteiger partial charge in [-0.2, -0.15) is 4.31 Å². The van der Waals surface area contributed by atoms with Crippen molar-refractivity contribution < 1.29 is 12.8 Å². The zero-order chi connectivity index (χ0) is 13.9. The molecule has 4 nitrogen and oxygen atoms in total. The van der Waals surface area contributed by atoms with Crippen LogP contribution >= 0.6 is 11.6 Å². The summed E-state index contributed by atoms with van der Waals surface area (Å²) in [6.45, 7) is 1.71. The Kier molecular flexibility index (Phi) is 4.65. The Bertz CT molecular complexity index is 530. The van der Waals surface area contributed by atoms with E-state index >= 15 is 0 Å². The third-order valence-electron chi connectivity index (χ3n) is 3.16. The van der Waals surface area contributed by atoms with Crippen LogP contribution in [0.15, 0.2) is 24.3 Å². The minimum Gasteiger partial charge on any atom is -0.367 e. The number of alkyl halides is 1. The van der Waals surface area contributed by atoms with Gasteiger partial charge in [-0.25, -0.2) is 12.8 Å². The number of para-hydroxylation sites is 1. The second kappa shape index (κ2) is 6.07. The van der Waals surface area contributed by atoms with Crippen LogP contribution in [0.25, 0.3) is 0 Å². The van der Waals surface area contributed by atoms with Gasteiger partial charge >= 0.3 is 0 Å². The van der Waals surface area contributed by atoms with Crippen LogP contribution in [-0.2, 0) is 10.0 Å². The molecular formula is C12H16ClFN2O2S. The van der Waals surface area contributed by atoms with Crippen LogP contribution in [0.5, 0.6) is 0 Å². The van der Waals surface area contributed by atoms with Gasteiger partial charge in [-0.05, 0) is 12.1 Å². The molecule has 1 aliphatic heterocycles. The van der Waals surface area contributed by atoms with E-state index in [0.29, 0.717) is 31.9 Å². The number of piperazine rings is 1. The predicted molar refractivity (Wildman–Crippen MR) is 74.7 cm³/mol. The molecule has 1 saturated heterocycles. The molecule has 1 aromatic rings. The largest absolute Gasteiger partial charge is 0.367 e. The second-order valence-electron chi connectivity index (χ2n) is 4.34. The Morgan fingerprint density at radius 1 is 1.16 bits per heavy atom. The van der Waals surface area contributed by atoms with Gasteiger partial charge < -0.3 is 4.90 Å². The van der Waals surface area contributed by atoms with Crippen LogP contribution in [0, 0.1) is 5.82 Å². The van der Waals surface area contributed by atoms with E-state index in [1.807, 2.05) is 4.90 Å². The van der Waals surface area contributed by atoms with Gasteiger partial charge in [0.25, 0.3) is 0 Å². The molecule has 0 saturated carbocycles. The van der Waals surface area contributed by atoms with E-state index < -0.39 is 10.0 Å². The standard InChI is InChI=1S/C12H16ClFN2O2S/c13-5-10-19(17,18)16-8-6-15(7-9-16)12-4-2-1-3-11(12)14/h1-4H,5-10H2. The van der Waals surface area contributed by atoms with E-state index in [1.165, 1.54) is 10.4 Å². The maximum atomic E-state index is 13.6. The highest BCUT2D eigenvalue weighted by Crippen LogP contribution is 2.21. The van der Waals surface area contributed by atoms with Crippen molar-refractivity contribution in [2.45, 2.75) is 0 Å². The monoisotopic (exact) mass is 306 g/mol. The van der Waals surface area contributed by atoms with Gasteiger partial charge in [0.1, 0.15) is 5.82 Å². The van der Waals surface area contributed by atoms with Crippen molar-refractivity contribution in [1.29, 1.82) is 0 Å². The Labute approximate surface area is 117 Å². The summed E-state index contributed by atoms with van der Waals surface area (Å²) in [7, 11) is -3.27. The number of hydrogen-bond donors (Lipinski definition) is 0. The smallest absolute Gasteiger partial charge is 0.215 e. The van der Waals surface area contributed by atoms with Crippen LogP contribution in [0.4, 0.5) is 10.1 Å². The van der Waals surface area contributed by atoms with Crippen LogP contribution < -0.4 is 4.90 Å². The number of sulfonamides is 1. The second-order valence-corrected chi connectivity index (χ2v) is 6.81. The lowest BCUT2D eigenvalue weighted by Crippen LogP contribution is -2.49. The third-order valence-corrected chi connectivity index (χ3v) is 5.45. The van der Waals surface area contributed by atoms with Crippen molar-refractivity contribution >= 4 is 27.3 Å². The molecule has 1 heterocycles. The first kappa shape index (κ1) is 14.6. The zero-order valence-corrected chi connectivity index (χ0v) is 12.0. The normalized spacial score (nSPS) is 17.7. The summed E-state index contributed by atoms with van der Waals surface area (Å²) in [5, 5.41) is 0. The molecule has 2 rings (SSSR count). The molecule has 0 aliphatic carbocycles. The molecule has 1 fully saturated rings. The minimum atomic E-state index is -3.27. The number of rotatable bonds is 4. The molecule has 0 unspecified atom stereocenters. The molecule has 7 heteroatoms. The first-order valence-electron chi connectivity index (χ1n) is 6.08.